The summed E-state index contributed by atoms with van der Waals surface area (Å²) < 4.78 is 6.97. The zero-order valence-corrected chi connectivity index (χ0v) is 16.1. The fourth-order valence-corrected chi connectivity index (χ4v) is 4.14. The first-order chi connectivity index (χ1) is 12.1. The van der Waals surface area contributed by atoms with E-state index in [-0.39, 0.29) is 11.9 Å². The highest BCUT2D eigenvalue weighted by Crippen LogP contribution is 2.36. The average Bonchev–Trinajstić information content (AvgIpc) is 3.16. The monoisotopic (exact) mass is 375 g/mol. The van der Waals surface area contributed by atoms with Gasteiger partial charge in [0, 0.05) is 12.2 Å². The van der Waals surface area contributed by atoms with Crippen LogP contribution in [0, 0.1) is 0 Å². The predicted octanol–water partition coefficient (Wildman–Crippen LogP) is 4.91. The standard InChI is InChI=1S/C20H22ClNO2S/c1-3-4-5-13-6-8-14(9-7-13)19(25)18-16(21)12-17-15(20(23)24-2)10-11-22(17)18/h6-9,12,15H,3-5,10-11H2,1-2H3. The molecule has 0 saturated heterocycles. The topological polar surface area (TPSA) is 31.2 Å². The van der Waals surface area contributed by atoms with Crippen LogP contribution in [0.3, 0.4) is 0 Å². The molecule has 0 aliphatic carbocycles. The Kier molecular flexibility index (Phi) is 5.60. The maximum Gasteiger partial charge on any atom is 0.314 e. The van der Waals surface area contributed by atoms with Crippen LogP contribution in [0.2, 0.25) is 5.02 Å². The normalized spacial score (nSPS) is 15.9. The first-order valence-electron chi connectivity index (χ1n) is 8.67. The number of carbonyl (C=O) groups excluding carboxylic acids is 1. The minimum atomic E-state index is -0.254. The maximum absolute atomic E-state index is 11.9. The molecule has 1 aliphatic rings. The van der Waals surface area contributed by atoms with Crippen LogP contribution >= 0.6 is 23.8 Å². The second-order valence-electron chi connectivity index (χ2n) is 6.41. The number of unbranched alkanes of at least 4 members (excludes halogenated alkanes) is 1. The predicted molar refractivity (Wildman–Crippen MR) is 105 cm³/mol. The van der Waals surface area contributed by atoms with Gasteiger partial charge in [-0.1, -0.05) is 61.4 Å². The number of hydrogen-bond acceptors (Lipinski definition) is 3. The SMILES string of the molecule is CCCCc1ccc(C(=S)c2c(Cl)cc3n2CCC3C(=O)OC)cc1. The van der Waals surface area contributed by atoms with Gasteiger partial charge < -0.3 is 9.30 Å². The summed E-state index contributed by atoms with van der Waals surface area (Å²) in [5.74, 6) is -0.471. The molecule has 0 bridgehead atoms. The van der Waals surface area contributed by atoms with Crippen LogP contribution in [-0.4, -0.2) is 22.5 Å². The lowest BCUT2D eigenvalue weighted by Crippen LogP contribution is -2.11. The number of thiocarbonyl (C=S) groups is 1. The summed E-state index contributed by atoms with van der Waals surface area (Å²) in [5.41, 5.74) is 4.04. The van der Waals surface area contributed by atoms with E-state index in [0.29, 0.717) is 5.02 Å². The van der Waals surface area contributed by atoms with Gasteiger partial charge in [0.1, 0.15) is 0 Å². The lowest BCUT2D eigenvalue weighted by molar-refractivity contribution is -0.142. The van der Waals surface area contributed by atoms with Gasteiger partial charge in [0.25, 0.3) is 0 Å². The third-order valence-corrected chi connectivity index (χ3v) is 5.53. The minimum Gasteiger partial charge on any atom is -0.469 e. The van der Waals surface area contributed by atoms with Crippen LogP contribution in [0.5, 0.6) is 0 Å². The van der Waals surface area contributed by atoms with Crippen molar-refractivity contribution < 1.29 is 9.53 Å². The lowest BCUT2D eigenvalue weighted by Gasteiger charge is -2.10. The summed E-state index contributed by atoms with van der Waals surface area (Å²) in [4.78, 5) is 12.7. The van der Waals surface area contributed by atoms with Gasteiger partial charge >= 0.3 is 5.97 Å². The van der Waals surface area contributed by atoms with Gasteiger partial charge in [-0.25, -0.2) is 0 Å². The number of halogens is 1. The Balaban J connectivity index is 1.87. The van der Waals surface area contributed by atoms with Gasteiger partial charge in [-0.05, 0) is 36.5 Å². The zero-order valence-electron chi connectivity index (χ0n) is 14.5. The zero-order chi connectivity index (χ0) is 18.0. The van der Waals surface area contributed by atoms with Crippen molar-refractivity contribution in [2.24, 2.45) is 0 Å². The van der Waals surface area contributed by atoms with Gasteiger partial charge in [-0.15, -0.1) is 0 Å². The van der Waals surface area contributed by atoms with Crippen LogP contribution in [0.15, 0.2) is 30.3 Å². The fraction of sp³-hybridized carbons (Fsp3) is 0.400. The van der Waals surface area contributed by atoms with Gasteiger partial charge in [0.15, 0.2) is 0 Å². The largest absolute Gasteiger partial charge is 0.469 e. The fourth-order valence-electron chi connectivity index (χ4n) is 3.42. The number of ether oxygens (including phenoxy) is 1. The molecule has 1 aromatic carbocycles. The molecule has 3 nitrogen and oxygen atoms in total. The van der Waals surface area contributed by atoms with Gasteiger partial charge in [-0.3, -0.25) is 4.79 Å². The third-order valence-electron chi connectivity index (χ3n) is 4.82. The van der Waals surface area contributed by atoms with E-state index >= 15 is 0 Å². The van der Waals surface area contributed by atoms with Crippen molar-refractivity contribution in [1.82, 2.24) is 4.57 Å². The van der Waals surface area contributed by atoms with Gasteiger partial charge in [0.2, 0.25) is 0 Å². The molecule has 25 heavy (non-hydrogen) atoms. The molecule has 0 spiro atoms. The van der Waals surface area contributed by atoms with Crippen molar-refractivity contribution in [2.75, 3.05) is 7.11 Å². The molecular weight excluding hydrogens is 354 g/mol. The molecule has 0 N–H and O–H groups in total. The van der Waals surface area contributed by atoms with Crippen LogP contribution in [-0.2, 0) is 22.5 Å². The molecule has 3 rings (SSSR count). The van der Waals surface area contributed by atoms with Crippen molar-refractivity contribution in [1.29, 1.82) is 0 Å². The summed E-state index contributed by atoms with van der Waals surface area (Å²) in [7, 11) is 1.42. The number of hydrogen-bond donors (Lipinski definition) is 0. The highest BCUT2D eigenvalue weighted by molar-refractivity contribution is 7.81. The minimum absolute atomic E-state index is 0.217. The summed E-state index contributed by atoms with van der Waals surface area (Å²) in [6, 6.07) is 10.3. The van der Waals surface area contributed by atoms with E-state index in [2.05, 4.69) is 35.8 Å². The second kappa shape index (κ2) is 7.71. The van der Waals surface area contributed by atoms with E-state index in [1.54, 1.807) is 0 Å². The van der Waals surface area contributed by atoms with Crippen molar-refractivity contribution in [3.63, 3.8) is 0 Å². The Labute approximate surface area is 158 Å². The molecular formula is C20H22ClNO2S. The lowest BCUT2D eigenvalue weighted by atomic mass is 10.0. The van der Waals surface area contributed by atoms with Crippen molar-refractivity contribution in [2.45, 2.75) is 45.1 Å². The van der Waals surface area contributed by atoms with E-state index in [1.165, 1.54) is 25.5 Å². The number of nitrogens with zero attached hydrogens (tertiary/aromatic N) is 1. The van der Waals surface area contributed by atoms with Gasteiger partial charge in [0.05, 0.1) is 28.6 Å². The third kappa shape index (κ3) is 3.51. The van der Waals surface area contributed by atoms with Gasteiger partial charge in [-0.2, -0.15) is 0 Å². The van der Waals surface area contributed by atoms with E-state index in [9.17, 15) is 4.79 Å². The molecule has 0 amide bonds. The number of methoxy groups -OCH3 is 1. The van der Waals surface area contributed by atoms with Crippen molar-refractivity contribution in [3.05, 3.63) is 57.9 Å². The molecule has 5 heteroatoms. The summed E-state index contributed by atoms with van der Waals surface area (Å²) >= 11 is 12.2. The molecule has 1 unspecified atom stereocenters. The van der Waals surface area contributed by atoms with Crippen LogP contribution in [0.1, 0.15) is 54.6 Å². The number of aryl methyl sites for hydroxylation is 1. The first-order valence-corrected chi connectivity index (χ1v) is 9.45. The van der Waals surface area contributed by atoms with Crippen LogP contribution in [0.25, 0.3) is 0 Å². The molecule has 0 radical (unpaired) electrons. The molecule has 2 heterocycles. The molecule has 0 saturated carbocycles. The molecule has 2 aromatic rings. The number of fused-ring (bicyclic) bond motifs is 1. The average molecular weight is 376 g/mol. The van der Waals surface area contributed by atoms with E-state index < -0.39 is 0 Å². The Morgan fingerprint density at radius 1 is 1.36 bits per heavy atom. The Hall–Kier alpha value is -1.65. The summed E-state index contributed by atoms with van der Waals surface area (Å²) in [6.07, 6.45) is 4.19. The van der Waals surface area contributed by atoms with E-state index in [4.69, 9.17) is 28.6 Å². The number of aromatic nitrogens is 1. The molecule has 1 aromatic heterocycles. The quantitative estimate of drug-likeness (QED) is 0.408. The maximum atomic E-state index is 11.9. The Morgan fingerprint density at radius 3 is 2.72 bits per heavy atom. The van der Waals surface area contributed by atoms with Crippen LogP contribution < -0.4 is 0 Å². The van der Waals surface area contributed by atoms with E-state index in [0.717, 1.165) is 41.2 Å². The highest BCUT2D eigenvalue weighted by Gasteiger charge is 2.33. The second-order valence-corrected chi connectivity index (χ2v) is 7.23. The Morgan fingerprint density at radius 2 is 2.08 bits per heavy atom. The van der Waals surface area contributed by atoms with Crippen molar-refractivity contribution in [3.8, 4) is 0 Å². The molecule has 1 atom stereocenters. The first kappa shape index (κ1) is 18.2. The molecule has 0 fully saturated rings. The summed E-state index contributed by atoms with van der Waals surface area (Å²) in [6.45, 7) is 2.92. The Bertz CT molecular complexity index is 795. The number of esters is 1. The summed E-state index contributed by atoms with van der Waals surface area (Å²) in [5, 5.41) is 0.601. The van der Waals surface area contributed by atoms with E-state index in [1.807, 2.05) is 6.07 Å². The number of benzene rings is 1. The molecule has 132 valence electrons. The molecule has 1 aliphatic heterocycles. The van der Waals surface area contributed by atoms with Crippen molar-refractivity contribution >= 4 is 34.7 Å². The van der Waals surface area contributed by atoms with Crippen LogP contribution in [0.4, 0.5) is 0 Å². The smallest absolute Gasteiger partial charge is 0.314 e. The highest BCUT2D eigenvalue weighted by atomic mass is 35.5. The number of carbonyl (C=O) groups is 1. The number of rotatable bonds is 6.